The lowest BCUT2D eigenvalue weighted by molar-refractivity contribution is 1.33. The Morgan fingerprint density at radius 2 is 1.90 bits per heavy atom. The normalized spacial score (nSPS) is 9.70. The standard InChI is InChI=1S/C5H7BrN4/c6-2-1-3(7)10-5(9)4(2)8/h1H,8H2,(H4,7,9,10). The molecule has 0 saturated heterocycles. The van der Waals surface area contributed by atoms with E-state index in [2.05, 4.69) is 20.9 Å². The zero-order valence-corrected chi connectivity index (χ0v) is 6.72. The molecule has 0 saturated carbocycles. The van der Waals surface area contributed by atoms with Gasteiger partial charge in [0.05, 0.1) is 5.69 Å². The van der Waals surface area contributed by atoms with E-state index < -0.39 is 0 Å². The van der Waals surface area contributed by atoms with Gasteiger partial charge in [0.2, 0.25) is 0 Å². The Morgan fingerprint density at radius 1 is 1.30 bits per heavy atom. The Morgan fingerprint density at radius 3 is 2.40 bits per heavy atom. The van der Waals surface area contributed by atoms with Crippen molar-refractivity contribution in [3.05, 3.63) is 10.5 Å². The number of nitrogens with zero attached hydrogens (tertiary/aromatic N) is 1. The monoisotopic (exact) mass is 202 g/mol. The summed E-state index contributed by atoms with van der Waals surface area (Å²) in [7, 11) is 0. The summed E-state index contributed by atoms with van der Waals surface area (Å²) in [6.07, 6.45) is 0. The van der Waals surface area contributed by atoms with E-state index in [-0.39, 0.29) is 5.82 Å². The van der Waals surface area contributed by atoms with Crippen LogP contribution in [-0.2, 0) is 0 Å². The van der Waals surface area contributed by atoms with E-state index in [0.29, 0.717) is 16.0 Å². The number of halogens is 1. The van der Waals surface area contributed by atoms with Crippen LogP contribution in [0.1, 0.15) is 0 Å². The molecule has 0 bridgehead atoms. The van der Waals surface area contributed by atoms with Crippen molar-refractivity contribution in [1.29, 1.82) is 0 Å². The average Bonchev–Trinajstić information content (AvgIpc) is 1.82. The summed E-state index contributed by atoms with van der Waals surface area (Å²) in [5.41, 5.74) is 16.6. The van der Waals surface area contributed by atoms with Crippen LogP contribution < -0.4 is 17.2 Å². The van der Waals surface area contributed by atoms with Gasteiger partial charge in [0.15, 0.2) is 0 Å². The molecule has 0 aliphatic heterocycles. The van der Waals surface area contributed by atoms with Gasteiger partial charge in [-0.1, -0.05) is 0 Å². The van der Waals surface area contributed by atoms with Crippen molar-refractivity contribution in [2.24, 2.45) is 0 Å². The third kappa shape index (κ3) is 1.13. The van der Waals surface area contributed by atoms with Gasteiger partial charge in [-0.3, -0.25) is 0 Å². The molecule has 1 heterocycles. The number of anilines is 3. The molecule has 54 valence electrons. The van der Waals surface area contributed by atoms with Gasteiger partial charge in [-0.15, -0.1) is 0 Å². The maximum atomic E-state index is 5.46. The molecule has 0 fully saturated rings. The van der Waals surface area contributed by atoms with Crippen molar-refractivity contribution in [2.45, 2.75) is 0 Å². The molecule has 0 aliphatic carbocycles. The van der Waals surface area contributed by atoms with E-state index >= 15 is 0 Å². The van der Waals surface area contributed by atoms with Crippen LogP contribution >= 0.6 is 15.9 Å². The van der Waals surface area contributed by atoms with Crippen LogP contribution in [0.25, 0.3) is 0 Å². The van der Waals surface area contributed by atoms with Crippen LogP contribution in [-0.4, -0.2) is 4.98 Å². The minimum atomic E-state index is 0.256. The Hall–Kier alpha value is -0.970. The molecule has 0 aromatic carbocycles. The average molecular weight is 203 g/mol. The van der Waals surface area contributed by atoms with Crippen LogP contribution in [0.5, 0.6) is 0 Å². The van der Waals surface area contributed by atoms with Crippen molar-refractivity contribution in [3.63, 3.8) is 0 Å². The quantitative estimate of drug-likeness (QED) is 0.575. The number of aromatic nitrogens is 1. The molecule has 1 aromatic heterocycles. The van der Waals surface area contributed by atoms with Gasteiger partial charge in [0.25, 0.3) is 0 Å². The van der Waals surface area contributed by atoms with Crippen molar-refractivity contribution >= 4 is 33.3 Å². The molecule has 0 aliphatic rings. The maximum absolute atomic E-state index is 5.46. The second kappa shape index (κ2) is 2.34. The molecule has 0 unspecified atom stereocenters. The summed E-state index contributed by atoms with van der Waals surface area (Å²) >= 11 is 3.17. The lowest BCUT2D eigenvalue weighted by Gasteiger charge is -2.01. The predicted octanol–water partition coefficient (Wildman–Crippen LogP) is 0.591. The molecule has 0 amide bonds. The Labute approximate surface area is 66.5 Å². The van der Waals surface area contributed by atoms with Gasteiger partial charge in [-0.2, -0.15) is 0 Å². The molecule has 10 heavy (non-hydrogen) atoms. The summed E-state index contributed by atoms with van der Waals surface area (Å²) in [6, 6.07) is 1.60. The van der Waals surface area contributed by atoms with Crippen LogP contribution in [0.15, 0.2) is 10.5 Å². The molecule has 0 atom stereocenters. The van der Waals surface area contributed by atoms with E-state index in [1.807, 2.05) is 0 Å². The molecule has 6 N–H and O–H groups in total. The summed E-state index contributed by atoms with van der Waals surface area (Å²) < 4.78 is 0.678. The Bertz CT molecular complexity index is 237. The Balaban J connectivity index is 3.31. The highest BCUT2D eigenvalue weighted by Gasteiger charge is 2.01. The number of nitrogen functional groups attached to an aromatic ring is 3. The van der Waals surface area contributed by atoms with Gasteiger partial charge in [0, 0.05) is 4.47 Å². The SMILES string of the molecule is Nc1cc(Br)c(N)c(N)n1. The molecule has 5 heteroatoms. The first kappa shape index (κ1) is 7.14. The first-order valence-electron chi connectivity index (χ1n) is 2.58. The third-order valence-electron chi connectivity index (χ3n) is 1.06. The van der Waals surface area contributed by atoms with E-state index in [1.54, 1.807) is 6.07 Å². The first-order valence-corrected chi connectivity index (χ1v) is 3.37. The van der Waals surface area contributed by atoms with Crippen molar-refractivity contribution < 1.29 is 0 Å². The van der Waals surface area contributed by atoms with Gasteiger partial charge in [0.1, 0.15) is 11.6 Å². The predicted molar refractivity (Wildman–Crippen MR) is 45.2 cm³/mol. The van der Waals surface area contributed by atoms with Crippen molar-refractivity contribution in [1.82, 2.24) is 4.98 Å². The van der Waals surface area contributed by atoms with E-state index in [9.17, 15) is 0 Å². The Kier molecular flexibility index (Phi) is 1.67. The molecule has 1 rings (SSSR count). The smallest absolute Gasteiger partial charge is 0.150 e. The van der Waals surface area contributed by atoms with Crippen LogP contribution in [0, 0.1) is 0 Å². The molecule has 0 radical (unpaired) electrons. The lowest BCUT2D eigenvalue weighted by atomic mass is 10.4. The number of pyridine rings is 1. The fraction of sp³-hybridized carbons (Fsp3) is 0. The second-order valence-electron chi connectivity index (χ2n) is 1.83. The van der Waals surface area contributed by atoms with Gasteiger partial charge in [-0.25, -0.2) is 4.98 Å². The van der Waals surface area contributed by atoms with E-state index in [4.69, 9.17) is 17.2 Å². The molecule has 0 spiro atoms. The topological polar surface area (TPSA) is 91.0 Å². The molecular weight excluding hydrogens is 196 g/mol. The number of hydrogen-bond donors (Lipinski definition) is 3. The first-order chi connectivity index (χ1) is 4.61. The van der Waals surface area contributed by atoms with Gasteiger partial charge >= 0.3 is 0 Å². The van der Waals surface area contributed by atoms with Gasteiger partial charge in [-0.05, 0) is 22.0 Å². The zero-order valence-electron chi connectivity index (χ0n) is 5.13. The summed E-state index contributed by atoms with van der Waals surface area (Å²) in [6.45, 7) is 0. The van der Waals surface area contributed by atoms with Crippen molar-refractivity contribution in [2.75, 3.05) is 17.2 Å². The summed E-state index contributed by atoms with van der Waals surface area (Å²) in [4.78, 5) is 3.73. The number of hydrogen-bond acceptors (Lipinski definition) is 4. The van der Waals surface area contributed by atoms with Crippen molar-refractivity contribution in [3.8, 4) is 0 Å². The highest BCUT2D eigenvalue weighted by molar-refractivity contribution is 9.10. The van der Waals surface area contributed by atoms with Crippen LogP contribution in [0.3, 0.4) is 0 Å². The number of nitrogens with two attached hydrogens (primary N) is 3. The maximum Gasteiger partial charge on any atom is 0.150 e. The fourth-order valence-corrected chi connectivity index (χ4v) is 0.999. The number of rotatable bonds is 0. The molecular formula is C5H7BrN4. The van der Waals surface area contributed by atoms with Crippen LogP contribution in [0.4, 0.5) is 17.3 Å². The summed E-state index contributed by atoms with van der Waals surface area (Å²) in [5.74, 6) is 0.616. The third-order valence-corrected chi connectivity index (χ3v) is 1.71. The van der Waals surface area contributed by atoms with Gasteiger partial charge < -0.3 is 17.2 Å². The molecule has 1 aromatic rings. The highest BCUT2D eigenvalue weighted by atomic mass is 79.9. The van der Waals surface area contributed by atoms with Crippen LogP contribution in [0.2, 0.25) is 0 Å². The summed E-state index contributed by atoms with van der Waals surface area (Å²) in [5, 5.41) is 0. The van der Waals surface area contributed by atoms with E-state index in [1.165, 1.54) is 0 Å². The largest absolute Gasteiger partial charge is 0.395 e. The highest BCUT2D eigenvalue weighted by Crippen LogP contribution is 2.24. The minimum absolute atomic E-state index is 0.256. The fourth-order valence-electron chi connectivity index (χ4n) is 0.562. The lowest BCUT2D eigenvalue weighted by Crippen LogP contribution is -2.01. The minimum Gasteiger partial charge on any atom is -0.395 e. The zero-order chi connectivity index (χ0) is 7.72. The second-order valence-corrected chi connectivity index (χ2v) is 2.68. The van der Waals surface area contributed by atoms with E-state index in [0.717, 1.165) is 0 Å². The molecule has 4 nitrogen and oxygen atoms in total.